The van der Waals surface area contributed by atoms with Gasteiger partial charge in [0.2, 0.25) is 5.91 Å². The molecule has 0 aromatic heterocycles. The van der Waals surface area contributed by atoms with Crippen LogP contribution in [0, 0.1) is 0 Å². The first-order chi connectivity index (χ1) is 9.94. The van der Waals surface area contributed by atoms with E-state index in [9.17, 15) is 18.0 Å². The molecule has 4 nitrogen and oxygen atoms in total. The molecule has 0 bridgehead atoms. The third-order valence-corrected chi connectivity index (χ3v) is 3.12. The van der Waals surface area contributed by atoms with E-state index in [0.717, 1.165) is 12.8 Å². The fourth-order valence-corrected chi connectivity index (χ4v) is 2.19. The lowest BCUT2D eigenvalue weighted by molar-refractivity contribution is -0.153. The van der Waals surface area contributed by atoms with Gasteiger partial charge in [-0.3, -0.25) is 4.79 Å². The number of hydrogen-bond donors (Lipinski definition) is 2. The summed E-state index contributed by atoms with van der Waals surface area (Å²) in [4.78, 5) is 11.5. The van der Waals surface area contributed by atoms with Gasteiger partial charge in [-0.1, -0.05) is 12.1 Å². The van der Waals surface area contributed by atoms with Crippen LogP contribution in [0.5, 0.6) is 5.75 Å². The number of carbonyl (C=O) groups excluding carboxylic acids is 1. The topological polar surface area (TPSA) is 50.4 Å². The summed E-state index contributed by atoms with van der Waals surface area (Å²) in [6.45, 7) is -0.708. The lowest BCUT2D eigenvalue weighted by Crippen LogP contribution is -2.27. The van der Waals surface area contributed by atoms with E-state index in [4.69, 9.17) is 4.74 Å². The Labute approximate surface area is 120 Å². The highest BCUT2D eigenvalue weighted by atomic mass is 19.4. The second-order valence-electron chi connectivity index (χ2n) is 4.94. The Morgan fingerprint density at radius 2 is 2.10 bits per heavy atom. The predicted octanol–water partition coefficient (Wildman–Crippen LogP) is 2.71. The number of halogens is 3. The van der Waals surface area contributed by atoms with Crippen molar-refractivity contribution in [1.29, 1.82) is 0 Å². The van der Waals surface area contributed by atoms with Gasteiger partial charge in [0.25, 0.3) is 0 Å². The summed E-state index contributed by atoms with van der Waals surface area (Å²) in [6, 6.07) is 6.33. The van der Waals surface area contributed by atoms with Gasteiger partial charge in [0, 0.05) is 19.0 Å². The number of benzene rings is 1. The van der Waals surface area contributed by atoms with Crippen LogP contribution in [0.15, 0.2) is 24.3 Å². The van der Waals surface area contributed by atoms with E-state index in [1.807, 2.05) is 0 Å². The largest absolute Gasteiger partial charge is 0.482 e. The third-order valence-electron chi connectivity index (χ3n) is 3.12. The lowest BCUT2D eigenvalue weighted by Gasteiger charge is -2.19. The summed E-state index contributed by atoms with van der Waals surface area (Å²) in [5, 5.41) is 5.86. The maximum absolute atomic E-state index is 12.2. The van der Waals surface area contributed by atoms with Crippen LogP contribution in [0.1, 0.15) is 19.3 Å². The molecule has 0 unspecified atom stereocenters. The number of ether oxygens (including phenoxy) is 1. The molecule has 0 radical (unpaired) electrons. The van der Waals surface area contributed by atoms with Crippen molar-refractivity contribution in [3.63, 3.8) is 0 Å². The van der Waals surface area contributed by atoms with Crippen LogP contribution in [-0.4, -0.2) is 31.3 Å². The Hall–Kier alpha value is -1.92. The first kappa shape index (κ1) is 15.5. The third kappa shape index (κ3) is 5.17. The molecule has 1 saturated heterocycles. The van der Waals surface area contributed by atoms with Crippen molar-refractivity contribution in [2.75, 3.05) is 18.5 Å². The van der Waals surface area contributed by atoms with Crippen LogP contribution >= 0.6 is 0 Å². The van der Waals surface area contributed by atoms with E-state index < -0.39 is 12.8 Å². The average molecular weight is 302 g/mol. The number of anilines is 1. The molecule has 116 valence electrons. The van der Waals surface area contributed by atoms with Gasteiger partial charge in [0.15, 0.2) is 6.61 Å². The van der Waals surface area contributed by atoms with Gasteiger partial charge in [-0.2, -0.15) is 13.2 Å². The molecular weight excluding hydrogens is 285 g/mol. The Balaban J connectivity index is 2.03. The molecule has 1 atom stereocenters. The first-order valence-corrected chi connectivity index (χ1v) is 6.76. The summed E-state index contributed by atoms with van der Waals surface area (Å²) in [7, 11) is 0. The molecule has 0 saturated carbocycles. The zero-order chi connectivity index (χ0) is 15.3. The molecular formula is C14H17F3N2O2. The molecule has 2 rings (SSSR count). The molecule has 7 heteroatoms. The van der Waals surface area contributed by atoms with E-state index in [2.05, 4.69) is 10.6 Å². The summed E-state index contributed by atoms with van der Waals surface area (Å²) >= 11 is 0. The van der Waals surface area contributed by atoms with Gasteiger partial charge in [-0.15, -0.1) is 0 Å². The van der Waals surface area contributed by atoms with Crippen molar-refractivity contribution >= 4 is 11.6 Å². The molecule has 1 amide bonds. The monoisotopic (exact) mass is 302 g/mol. The van der Waals surface area contributed by atoms with Gasteiger partial charge < -0.3 is 15.4 Å². The molecule has 1 aromatic rings. The number of alkyl halides is 3. The van der Waals surface area contributed by atoms with Crippen molar-refractivity contribution in [3.8, 4) is 5.75 Å². The van der Waals surface area contributed by atoms with E-state index >= 15 is 0 Å². The summed E-state index contributed by atoms with van der Waals surface area (Å²) in [5.74, 6) is 0.0816. The Morgan fingerprint density at radius 1 is 1.33 bits per heavy atom. The Bertz CT molecular complexity index is 491. The quantitative estimate of drug-likeness (QED) is 0.899. The molecule has 0 spiro atoms. The normalized spacial score (nSPS) is 19.6. The first-order valence-electron chi connectivity index (χ1n) is 6.76. The van der Waals surface area contributed by atoms with Gasteiger partial charge in [-0.25, -0.2) is 0 Å². The van der Waals surface area contributed by atoms with Crippen LogP contribution < -0.4 is 15.4 Å². The second kappa shape index (κ2) is 6.69. The van der Waals surface area contributed by atoms with E-state index in [-0.39, 0.29) is 17.7 Å². The maximum atomic E-state index is 12.2. The Kier molecular flexibility index (Phi) is 4.93. The number of rotatable bonds is 4. The van der Waals surface area contributed by atoms with E-state index in [0.29, 0.717) is 18.7 Å². The highest BCUT2D eigenvalue weighted by Gasteiger charge is 2.29. The zero-order valence-electron chi connectivity index (χ0n) is 11.4. The molecule has 2 N–H and O–H groups in total. The molecule has 1 aliphatic heterocycles. The average Bonchev–Trinajstić information content (AvgIpc) is 2.61. The minimum atomic E-state index is -4.38. The maximum Gasteiger partial charge on any atom is 0.422 e. The highest BCUT2D eigenvalue weighted by molar-refractivity contribution is 5.77. The molecule has 1 aliphatic rings. The molecule has 21 heavy (non-hydrogen) atoms. The van der Waals surface area contributed by atoms with E-state index in [1.165, 1.54) is 6.07 Å². The predicted molar refractivity (Wildman–Crippen MR) is 72.3 cm³/mol. The van der Waals surface area contributed by atoms with Crippen LogP contribution in [-0.2, 0) is 4.79 Å². The van der Waals surface area contributed by atoms with Crippen molar-refractivity contribution in [1.82, 2.24) is 5.32 Å². The minimum Gasteiger partial charge on any atom is -0.482 e. The fraction of sp³-hybridized carbons (Fsp3) is 0.500. The van der Waals surface area contributed by atoms with Crippen molar-refractivity contribution in [3.05, 3.63) is 24.3 Å². The summed E-state index contributed by atoms with van der Waals surface area (Å²) in [5.41, 5.74) is 0.474. The summed E-state index contributed by atoms with van der Waals surface area (Å²) in [6.07, 6.45) is -2.48. The van der Waals surface area contributed by atoms with Crippen LogP contribution in [0.2, 0.25) is 0 Å². The lowest BCUT2D eigenvalue weighted by atomic mass is 10.1. The standard InChI is InChI=1S/C14H17F3N2O2/c15-14(16,17)9-21-12-6-2-1-5-11(12)19-10-4-3-7-18-13(20)8-10/h1-2,5-6,10,19H,3-4,7-9H2,(H,18,20)/t10-/m0/s1. The van der Waals surface area contributed by atoms with E-state index in [1.54, 1.807) is 18.2 Å². The van der Waals surface area contributed by atoms with Crippen molar-refractivity contribution < 1.29 is 22.7 Å². The molecule has 1 fully saturated rings. The molecule has 1 aromatic carbocycles. The van der Waals surface area contributed by atoms with Crippen molar-refractivity contribution in [2.45, 2.75) is 31.5 Å². The molecule has 0 aliphatic carbocycles. The smallest absolute Gasteiger partial charge is 0.422 e. The Morgan fingerprint density at radius 3 is 2.86 bits per heavy atom. The highest BCUT2D eigenvalue weighted by Crippen LogP contribution is 2.28. The second-order valence-corrected chi connectivity index (χ2v) is 4.94. The summed E-state index contributed by atoms with van der Waals surface area (Å²) < 4.78 is 41.5. The zero-order valence-corrected chi connectivity index (χ0v) is 11.4. The van der Waals surface area contributed by atoms with Crippen LogP contribution in [0.4, 0.5) is 18.9 Å². The minimum absolute atomic E-state index is 0.0568. The van der Waals surface area contributed by atoms with Crippen LogP contribution in [0.3, 0.4) is 0 Å². The van der Waals surface area contributed by atoms with Gasteiger partial charge in [0.1, 0.15) is 5.75 Å². The van der Waals surface area contributed by atoms with Gasteiger partial charge in [-0.05, 0) is 25.0 Å². The molecule has 1 heterocycles. The van der Waals surface area contributed by atoms with Crippen molar-refractivity contribution in [2.24, 2.45) is 0 Å². The number of amides is 1. The van der Waals surface area contributed by atoms with Gasteiger partial charge in [0.05, 0.1) is 5.69 Å². The van der Waals surface area contributed by atoms with Crippen LogP contribution in [0.25, 0.3) is 0 Å². The van der Waals surface area contributed by atoms with Gasteiger partial charge >= 0.3 is 6.18 Å². The number of hydrogen-bond acceptors (Lipinski definition) is 3. The number of carbonyl (C=O) groups is 1. The number of nitrogens with one attached hydrogen (secondary N) is 2. The fourth-order valence-electron chi connectivity index (χ4n) is 2.19. The number of para-hydroxylation sites is 2. The SMILES string of the molecule is O=C1C[C@@H](Nc2ccccc2OCC(F)(F)F)CCCN1.